The molecule has 12 nitrogen and oxygen atoms in total. The SMILES string of the molecule is Cc1cc(-c2cn3c(NS(=O)(=O)CCO)cc(N4CCC5(CC4)CC5)c(C(N)=O)c3n2)nc(N2CCC(F)(F)CC2)n1. The van der Waals surface area contributed by atoms with E-state index < -0.39 is 34.2 Å². The number of fused-ring (bicyclic) bond motifs is 1. The number of aliphatic hydroxyl groups is 1. The van der Waals surface area contributed by atoms with Gasteiger partial charge < -0.3 is 20.6 Å². The molecule has 6 rings (SSSR count). The fourth-order valence-electron chi connectivity index (χ4n) is 5.90. The average molecular weight is 605 g/mol. The van der Waals surface area contributed by atoms with Crippen molar-refractivity contribution in [2.75, 3.05) is 53.1 Å². The van der Waals surface area contributed by atoms with E-state index in [9.17, 15) is 27.1 Å². The molecular weight excluding hydrogens is 570 g/mol. The van der Waals surface area contributed by atoms with Crippen LogP contribution in [0.2, 0.25) is 0 Å². The van der Waals surface area contributed by atoms with Gasteiger partial charge in [-0.3, -0.25) is 13.9 Å². The largest absolute Gasteiger partial charge is 0.395 e. The van der Waals surface area contributed by atoms with E-state index in [2.05, 4.69) is 14.7 Å². The van der Waals surface area contributed by atoms with E-state index in [-0.39, 0.29) is 43.0 Å². The topological polar surface area (TPSA) is 159 Å². The fourth-order valence-corrected chi connectivity index (χ4v) is 6.72. The molecule has 3 aliphatic rings. The van der Waals surface area contributed by atoms with Gasteiger partial charge in [-0.05, 0) is 44.1 Å². The van der Waals surface area contributed by atoms with Gasteiger partial charge in [0.1, 0.15) is 17.1 Å². The number of imidazole rings is 1. The van der Waals surface area contributed by atoms with Gasteiger partial charge in [-0.2, -0.15) is 0 Å². The number of sulfonamides is 1. The summed E-state index contributed by atoms with van der Waals surface area (Å²) in [7, 11) is -3.94. The fraction of sp³-hybridized carbons (Fsp3) is 0.556. The highest BCUT2D eigenvalue weighted by Crippen LogP contribution is 2.54. The second-order valence-corrected chi connectivity index (χ2v) is 13.5. The first-order chi connectivity index (χ1) is 19.9. The van der Waals surface area contributed by atoms with Gasteiger partial charge in [0.05, 0.1) is 23.7 Å². The van der Waals surface area contributed by atoms with Crippen LogP contribution in [0.5, 0.6) is 0 Å². The molecule has 1 aliphatic carbocycles. The summed E-state index contributed by atoms with van der Waals surface area (Å²) in [6.07, 6.45) is 5.27. The molecule has 1 spiro atoms. The standard InChI is InChI=1S/C27H34F2N8O4S/c1-17-14-18(33-25(31-17)36-10-6-27(28,29)7-11-36)19-16-37-21(34-42(40,41)13-12-38)15-20(22(23(30)39)24(37)32-19)35-8-4-26(2-3-26)5-9-35/h14-16,34,38H,2-13H2,1H3,(H2,30,39). The van der Waals surface area contributed by atoms with Crippen LogP contribution in [0.25, 0.3) is 17.0 Å². The molecule has 15 heteroatoms. The van der Waals surface area contributed by atoms with Gasteiger partial charge in [0.15, 0.2) is 5.65 Å². The van der Waals surface area contributed by atoms with Crippen LogP contribution in [-0.4, -0.2) is 83.2 Å². The maximum absolute atomic E-state index is 13.8. The van der Waals surface area contributed by atoms with Crippen molar-refractivity contribution in [3.63, 3.8) is 0 Å². The molecule has 0 unspecified atom stereocenters. The van der Waals surface area contributed by atoms with E-state index in [0.29, 0.717) is 47.2 Å². The van der Waals surface area contributed by atoms with Crippen molar-refractivity contribution < 1.29 is 27.1 Å². The minimum atomic E-state index is -3.94. The van der Waals surface area contributed by atoms with Crippen molar-refractivity contribution >= 4 is 39.0 Å². The van der Waals surface area contributed by atoms with Crippen LogP contribution in [0.3, 0.4) is 0 Å². The Labute approximate surface area is 242 Å². The average Bonchev–Trinajstić information content (AvgIpc) is 3.51. The Morgan fingerprint density at radius 1 is 1.00 bits per heavy atom. The molecule has 0 radical (unpaired) electrons. The number of piperidine rings is 2. The molecular formula is C27H34F2N8O4S. The molecule has 0 aromatic carbocycles. The number of aliphatic hydroxyl groups excluding tert-OH is 1. The lowest BCUT2D eigenvalue weighted by Gasteiger charge is -2.35. The smallest absolute Gasteiger partial charge is 0.254 e. The Balaban J connectivity index is 1.46. The summed E-state index contributed by atoms with van der Waals surface area (Å²) >= 11 is 0. The summed E-state index contributed by atoms with van der Waals surface area (Å²) < 4.78 is 57.0. The number of nitrogens with zero attached hydrogens (tertiary/aromatic N) is 6. The lowest BCUT2D eigenvalue weighted by atomic mass is 9.93. The molecule has 42 heavy (non-hydrogen) atoms. The number of carbonyl (C=O) groups excluding carboxylic acids is 1. The van der Waals surface area contributed by atoms with Gasteiger partial charge in [-0.1, -0.05) is 0 Å². The van der Waals surface area contributed by atoms with Crippen LogP contribution in [0.15, 0.2) is 18.3 Å². The predicted octanol–water partition coefficient (Wildman–Crippen LogP) is 2.55. The van der Waals surface area contributed by atoms with Gasteiger partial charge in [0.2, 0.25) is 16.0 Å². The first-order valence-electron chi connectivity index (χ1n) is 14.1. The van der Waals surface area contributed by atoms with Crippen molar-refractivity contribution in [2.24, 2.45) is 11.1 Å². The minimum absolute atomic E-state index is 0.101. The van der Waals surface area contributed by atoms with E-state index >= 15 is 0 Å². The van der Waals surface area contributed by atoms with E-state index in [1.54, 1.807) is 30.2 Å². The third-order valence-corrected chi connectivity index (χ3v) is 9.83. The lowest BCUT2D eigenvalue weighted by Crippen LogP contribution is -2.40. The lowest BCUT2D eigenvalue weighted by molar-refractivity contribution is -0.0222. The van der Waals surface area contributed by atoms with Gasteiger partial charge in [-0.25, -0.2) is 32.2 Å². The highest BCUT2D eigenvalue weighted by atomic mass is 32.2. The van der Waals surface area contributed by atoms with Gasteiger partial charge in [0.25, 0.3) is 11.8 Å². The molecule has 2 aliphatic heterocycles. The van der Waals surface area contributed by atoms with E-state index in [1.165, 1.54) is 17.2 Å². The number of halogens is 2. The van der Waals surface area contributed by atoms with Crippen molar-refractivity contribution in [3.8, 4) is 11.4 Å². The summed E-state index contributed by atoms with van der Waals surface area (Å²) in [4.78, 5) is 30.4. The third-order valence-electron chi connectivity index (χ3n) is 8.59. The second kappa shape index (κ2) is 10.3. The number of anilines is 3. The Morgan fingerprint density at radius 2 is 1.67 bits per heavy atom. The monoisotopic (exact) mass is 604 g/mol. The summed E-state index contributed by atoms with van der Waals surface area (Å²) in [6, 6.07) is 3.27. The van der Waals surface area contributed by atoms with E-state index in [4.69, 9.17) is 10.7 Å². The van der Waals surface area contributed by atoms with E-state index in [0.717, 1.165) is 12.8 Å². The normalized spacial score (nSPS) is 19.8. The molecule has 0 atom stereocenters. The number of hydrogen-bond donors (Lipinski definition) is 3. The quantitative estimate of drug-likeness (QED) is 0.351. The number of primary amides is 1. The van der Waals surface area contributed by atoms with Crippen LogP contribution in [-0.2, 0) is 10.0 Å². The maximum atomic E-state index is 13.8. The van der Waals surface area contributed by atoms with Crippen molar-refractivity contribution in [2.45, 2.75) is 51.4 Å². The molecule has 2 saturated heterocycles. The molecule has 1 amide bonds. The van der Waals surface area contributed by atoms with Crippen molar-refractivity contribution in [1.82, 2.24) is 19.4 Å². The summed E-state index contributed by atoms with van der Waals surface area (Å²) in [6.45, 7) is 2.77. The summed E-state index contributed by atoms with van der Waals surface area (Å²) in [5.74, 6) is -3.52. The zero-order valence-corrected chi connectivity index (χ0v) is 24.1. The number of carbonyl (C=O) groups is 1. The first-order valence-corrected chi connectivity index (χ1v) is 15.7. The number of amides is 1. The molecule has 3 fully saturated rings. The molecule has 5 heterocycles. The number of nitrogens with two attached hydrogens (primary N) is 1. The van der Waals surface area contributed by atoms with Gasteiger partial charge in [-0.15, -0.1) is 0 Å². The molecule has 0 bridgehead atoms. The number of nitrogens with one attached hydrogen (secondary N) is 1. The van der Waals surface area contributed by atoms with Crippen LogP contribution in [0.4, 0.5) is 26.2 Å². The predicted molar refractivity (Wildman–Crippen MR) is 153 cm³/mol. The van der Waals surface area contributed by atoms with Crippen molar-refractivity contribution in [1.29, 1.82) is 0 Å². The van der Waals surface area contributed by atoms with Crippen LogP contribution in [0.1, 0.15) is 54.6 Å². The summed E-state index contributed by atoms with van der Waals surface area (Å²) in [5, 5.41) is 9.30. The van der Waals surface area contributed by atoms with Crippen molar-refractivity contribution in [3.05, 3.63) is 29.6 Å². The number of alkyl halides is 2. The number of aryl methyl sites for hydroxylation is 1. The zero-order valence-electron chi connectivity index (χ0n) is 23.3. The first kappa shape index (κ1) is 28.5. The second-order valence-electron chi connectivity index (χ2n) is 11.6. The molecule has 3 aromatic rings. The number of rotatable bonds is 8. The molecule has 3 aromatic heterocycles. The minimum Gasteiger partial charge on any atom is -0.395 e. The Kier molecular flexibility index (Phi) is 6.99. The van der Waals surface area contributed by atoms with Crippen LogP contribution in [0, 0.1) is 12.3 Å². The molecule has 226 valence electrons. The summed E-state index contributed by atoms with van der Waals surface area (Å²) in [5.41, 5.74) is 8.36. The number of hydrogen-bond acceptors (Lipinski definition) is 9. The third kappa shape index (κ3) is 5.59. The van der Waals surface area contributed by atoms with Gasteiger partial charge >= 0.3 is 0 Å². The van der Waals surface area contributed by atoms with E-state index in [1.807, 2.05) is 4.90 Å². The van der Waals surface area contributed by atoms with Crippen LogP contribution >= 0.6 is 0 Å². The highest BCUT2D eigenvalue weighted by molar-refractivity contribution is 7.92. The molecule has 4 N–H and O–H groups in total. The maximum Gasteiger partial charge on any atom is 0.254 e. The number of pyridine rings is 1. The number of aromatic nitrogens is 4. The van der Waals surface area contributed by atoms with Crippen LogP contribution < -0.4 is 20.3 Å². The zero-order chi connectivity index (χ0) is 29.9. The molecule has 1 saturated carbocycles. The van der Waals surface area contributed by atoms with Gasteiger partial charge in [0, 0.05) is 57.0 Å². The Morgan fingerprint density at radius 3 is 2.29 bits per heavy atom. The highest BCUT2D eigenvalue weighted by Gasteiger charge is 2.45. The Bertz CT molecular complexity index is 1640. The Hall–Kier alpha value is -3.59.